The summed E-state index contributed by atoms with van der Waals surface area (Å²) in [6, 6.07) is 0. The maximum absolute atomic E-state index is 12.6. The zero-order chi connectivity index (χ0) is 18.6. The fourth-order valence-corrected chi connectivity index (χ4v) is 2.53. The summed E-state index contributed by atoms with van der Waals surface area (Å²) in [4.78, 5) is 40.8. The molecule has 1 aromatic heterocycles. The number of hydrogen-bond donors (Lipinski definition) is 2. The molecular weight excluding hydrogens is 308 g/mol. The number of nitrogens with two attached hydrogens (primary N) is 1. The predicted octanol–water partition coefficient (Wildman–Crippen LogP) is 1.81. The Hall–Kier alpha value is -2.05. The van der Waals surface area contributed by atoms with E-state index in [0.717, 1.165) is 0 Å². The second-order valence-corrected chi connectivity index (χ2v) is 7.49. The molecule has 0 aliphatic carbocycles. The van der Waals surface area contributed by atoms with Crippen molar-refractivity contribution in [2.24, 2.45) is 17.8 Å². The largest absolute Gasteiger partial charge is 0.383 e. The van der Waals surface area contributed by atoms with Gasteiger partial charge in [0.2, 0.25) is 5.91 Å². The standard InChI is InChI=1S/C17H30N4O3/c1-10(2)7-13(22)20(8-11(3)4)14-15(18)21(9-12(5)6)17(24)19-16(14)23/h10-12H,7-9,18H2,1-6H3,(H,19,23,24). The summed E-state index contributed by atoms with van der Waals surface area (Å²) in [7, 11) is 0. The molecule has 0 saturated carbocycles. The van der Waals surface area contributed by atoms with Crippen LogP contribution in [0.5, 0.6) is 0 Å². The van der Waals surface area contributed by atoms with Gasteiger partial charge in [-0.25, -0.2) is 4.79 Å². The SMILES string of the molecule is CC(C)CC(=O)N(CC(C)C)c1c(N)n(CC(C)C)c(=O)[nH]c1=O. The van der Waals surface area contributed by atoms with Crippen molar-refractivity contribution >= 4 is 17.4 Å². The number of anilines is 2. The number of aromatic amines is 1. The highest BCUT2D eigenvalue weighted by molar-refractivity contribution is 5.95. The molecule has 0 aliphatic heterocycles. The highest BCUT2D eigenvalue weighted by Crippen LogP contribution is 2.21. The molecule has 7 heteroatoms. The van der Waals surface area contributed by atoms with Crippen LogP contribution in [0.2, 0.25) is 0 Å². The number of nitrogen functional groups attached to an aromatic ring is 1. The monoisotopic (exact) mass is 338 g/mol. The first-order valence-electron chi connectivity index (χ1n) is 8.47. The van der Waals surface area contributed by atoms with Gasteiger partial charge in [0.1, 0.15) is 5.82 Å². The molecule has 0 aliphatic rings. The van der Waals surface area contributed by atoms with E-state index < -0.39 is 11.2 Å². The lowest BCUT2D eigenvalue weighted by Crippen LogP contribution is -2.43. The van der Waals surface area contributed by atoms with Crippen molar-refractivity contribution in [3.05, 3.63) is 20.8 Å². The average Bonchev–Trinajstić information content (AvgIpc) is 2.40. The fourth-order valence-electron chi connectivity index (χ4n) is 2.53. The minimum Gasteiger partial charge on any atom is -0.383 e. The number of nitrogens with zero attached hydrogens (tertiary/aromatic N) is 2. The van der Waals surface area contributed by atoms with E-state index in [9.17, 15) is 14.4 Å². The van der Waals surface area contributed by atoms with Gasteiger partial charge in [0.15, 0.2) is 5.69 Å². The van der Waals surface area contributed by atoms with Crippen LogP contribution in [0, 0.1) is 17.8 Å². The molecule has 0 atom stereocenters. The van der Waals surface area contributed by atoms with Crippen LogP contribution in [0.25, 0.3) is 0 Å². The highest BCUT2D eigenvalue weighted by Gasteiger charge is 2.25. The third-order valence-corrected chi connectivity index (χ3v) is 3.46. The quantitative estimate of drug-likeness (QED) is 0.791. The molecular formula is C17H30N4O3. The van der Waals surface area contributed by atoms with Gasteiger partial charge >= 0.3 is 5.69 Å². The molecule has 1 amide bonds. The topological polar surface area (TPSA) is 101 Å². The zero-order valence-corrected chi connectivity index (χ0v) is 15.5. The molecule has 0 spiro atoms. The molecule has 0 radical (unpaired) electrons. The van der Waals surface area contributed by atoms with Crippen molar-refractivity contribution in [1.29, 1.82) is 0 Å². The smallest absolute Gasteiger partial charge is 0.330 e. The molecule has 1 heterocycles. The lowest BCUT2D eigenvalue weighted by molar-refractivity contribution is -0.119. The van der Waals surface area contributed by atoms with Crippen LogP contribution in [-0.4, -0.2) is 22.0 Å². The molecule has 0 aromatic carbocycles. The molecule has 0 saturated heterocycles. The minimum absolute atomic E-state index is 0.0511. The Bertz CT molecular complexity index is 686. The van der Waals surface area contributed by atoms with Crippen molar-refractivity contribution in [3.63, 3.8) is 0 Å². The summed E-state index contributed by atoms with van der Waals surface area (Å²) >= 11 is 0. The number of amides is 1. The van der Waals surface area contributed by atoms with Gasteiger partial charge in [0.25, 0.3) is 5.56 Å². The van der Waals surface area contributed by atoms with E-state index in [1.54, 1.807) is 0 Å². The number of carbonyl (C=O) groups is 1. The summed E-state index contributed by atoms with van der Waals surface area (Å²) in [6.45, 7) is 12.5. The van der Waals surface area contributed by atoms with Crippen LogP contribution in [0.15, 0.2) is 9.59 Å². The Morgan fingerprint density at radius 2 is 1.67 bits per heavy atom. The number of rotatable bonds is 7. The first-order chi connectivity index (χ1) is 11.0. The van der Waals surface area contributed by atoms with Gasteiger partial charge in [0, 0.05) is 19.5 Å². The summed E-state index contributed by atoms with van der Waals surface area (Å²) < 4.78 is 1.33. The van der Waals surface area contributed by atoms with Gasteiger partial charge in [-0.2, -0.15) is 0 Å². The van der Waals surface area contributed by atoms with E-state index in [2.05, 4.69) is 4.98 Å². The molecule has 7 nitrogen and oxygen atoms in total. The third-order valence-electron chi connectivity index (χ3n) is 3.46. The van der Waals surface area contributed by atoms with Gasteiger partial charge in [-0.1, -0.05) is 41.5 Å². The third kappa shape index (κ3) is 4.97. The fraction of sp³-hybridized carbons (Fsp3) is 0.706. The summed E-state index contributed by atoms with van der Waals surface area (Å²) in [5.41, 5.74) is 5.04. The number of H-pyrrole nitrogens is 1. The van der Waals surface area contributed by atoms with Crippen molar-refractivity contribution < 1.29 is 4.79 Å². The van der Waals surface area contributed by atoms with Gasteiger partial charge in [-0.3, -0.25) is 19.1 Å². The summed E-state index contributed by atoms with van der Waals surface area (Å²) in [6.07, 6.45) is 0.314. The van der Waals surface area contributed by atoms with Gasteiger partial charge in [-0.05, 0) is 17.8 Å². The van der Waals surface area contributed by atoms with Crippen LogP contribution in [0.1, 0.15) is 48.0 Å². The Kier molecular flexibility index (Phi) is 6.81. The molecule has 1 aromatic rings. The number of nitrogens with one attached hydrogen (secondary N) is 1. The van der Waals surface area contributed by atoms with Crippen molar-refractivity contribution in [3.8, 4) is 0 Å². The molecule has 0 unspecified atom stereocenters. The van der Waals surface area contributed by atoms with E-state index in [0.29, 0.717) is 19.5 Å². The second-order valence-electron chi connectivity index (χ2n) is 7.49. The Labute approximate surface area is 142 Å². The Balaban J connectivity index is 3.49. The normalized spacial score (nSPS) is 11.5. The zero-order valence-electron chi connectivity index (χ0n) is 15.5. The van der Waals surface area contributed by atoms with Gasteiger partial charge < -0.3 is 10.6 Å². The van der Waals surface area contributed by atoms with Gasteiger partial charge in [0.05, 0.1) is 0 Å². The van der Waals surface area contributed by atoms with Crippen LogP contribution in [-0.2, 0) is 11.3 Å². The lowest BCUT2D eigenvalue weighted by Gasteiger charge is -2.27. The van der Waals surface area contributed by atoms with Crippen LogP contribution in [0.3, 0.4) is 0 Å². The molecule has 1 rings (SSSR count). The first-order valence-corrected chi connectivity index (χ1v) is 8.47. The van der Waals surface area contributed by atoms with Gasteiger partial charge in [-0.15, -0.1) is 0 Å². The highest BCUT2D eigenvalue weighted by atomic mass is 16.2. The maximum atomic E-state index is 12.6. The number of aromatic nitrogens is 2. The average molecular weight is 338 g/mol. The van der Waals surface area contributed by atoms with E-state index in [1.165, 1.54) is 9.47 Å². The summed E-state index contributed by atoms with van der Waals surface area (Å²) in [5.74, 6) is 0.383. The molecule has 3 N–H and O–H groups in total. The Morgan fingerprint density at radius 1 is 1.08 bits per heavy atom. The predicted molar refractivity (Wildman–Crippen MR) is 97.2 cm³/mol. The molecule has 24 heavy (non-hydrogen) atoms. The minimum atomic E-state index is -0.615. The van der Waals surface area contributed by atoms with Crippen molar-refractivity contribution in [2.75, 3.05) is 17.2 Å². The van der Waals surface area contributed by atoms with Crippen molar-refractivity contribution in [2.45, 2.75) is 54.5 Å². The summed E-state index contributed by atoms with van der Waals surface area (Å²) in [5, 5.41) is 0. The lowest BCUT2D eigenvalue weighted by atomic mass is 10.1. The van der Waals surface area contributed by atoms with E-state index in [-0.39, 0.29) is 35.2 Å². The van der Waals surface area contributed by atoms with E-state index >= 15 is 0 Å². The second kappa shape index (κ2) is 8.17. The number of carbonyl (C=O) groups excluding carboxylic acids is 1. The molecule has 0 fully saturated rings. The molecule has 136 valence electrons. The van der Waals surface area contributed by atoms with Crippen LogP contribution in [0.4, 0.5) is 11.5 Å². The number of hydrogen-bond acceptors (Lipinski definition) is 4. The van der Waals surface area contributed by atoms with Crippen molar-refractivity contribution in [1.82, 2.24) is 9.55 Å². The Morgan fingerprint density at radius 3 is 2.12 bits per heavy atom. The van der Waals surface area contributed by atoms with E-state index in [1.807, 2.05) is 41.5 Å². The van der Waals surface area contributed by atoms with E-state index in [4.69, 9.17) is 5.73 Å². The van der Waals surface area contributed by atoms with Crippen LogP contribution >= 0.6 is 0 Å². The molecule has 0 bridgehead atoms. The first kappa shape index (κ1) is 20.0. The van der Waals surface area contributed by atoms with Crippen LogP contribution < -0.4 is 21.9 Å². The maximum Gasteiger partial charge on any atom is 0.330 e.